The number of nitrogens with two attached hydrogens (primary N) is 1. The fraction of sp³-hybridized carbons (Fsp3) is 0.500. The summed E-state index contributed by atoms with van der Waals surface area (Å²) in [4.78, 5) is 0. The number of hydrogen-bond acceptors (Lipinski definition) is 4. The van der Waals surface area contributed by atoms with E-state index < -0.39 is 10.1 Å². The lowest BCUT2D eigenvalue weighted by atomic mass is 9.99. The molecule has 1 rings (SSSR count). The van der Waals surface area contributed by atoms with E-state index >= 15 is 0 Å². The Morgan fingerprint density at radius 3 is 2.18 bits per heavy atom. The molecule has 0 aliphatic rings. The molecule has 5 heteroatoms. The van der Waals surface area contributed by atoms with Gasteiger partial charge in [-0.3, -0.25) is 4.18 Å². The first kappa shape index (κ1) is 14.0. The second-order valence-corrected chi connectivity index (χ2v) is 6.91. The van der Waals surface area contributed by atoms with Gasteiger partial charge in [-0.15, -0.1) is 0 Å². The molecule has 0 aliphatic carbocycles. The second kappa shape index (κ2) is 5.06. The average molecular weight is 257 g/mol. The zero-order chi connectivity index (χ0) is 13.1. The van der Waals surface area contributed by atoms with Crippen molar-refractivity contribution < 1.29 is 12.6 Å². The summed E-state index contributed by atoms with van der Waals surface area (Å²) >= 11 is 0. The van der Waals surface area contributed by atoms with E-state index in [0.29, 0.717) is 11.3 Å². The van der Waals surface area contributed by atoms with E-state index in [4.69, 9.17) is 9.92 Å². The molecule has 0 radical (unpaired) electrons. The van der Waals surface area contributed by atoms with Crippen LogP contribution in [0.2, 0.25) is 0 Å². The van der Waals surface area contributed by atoms with Gasteiger partial charge in [0.25, 0.3) is 10.1 Å². The van der Waals surface area contributed by atoms with E-state index in [2.05, 4.69) is 0 Å². The van der Waals surface area contributed by atoms with Crippen LogP contribution in [0, 0.1) is 5.41 Å². The highest BCUT2D eigenvalue weighted by molar-refractivity contribution is 7.85. The molecule has 0 fully saturated rings. The fourth-order valence-corrected chi connectivity index (χ4v) is 2.34. The van der Waals surface area contributed by atoms with Crippen molar-refractivity contribution in [2.24, 2.45) is 5.41 Å². The Balaban J connectivity index is 2.64. The summed E-state index contributed by atoms with van der Waals surface area (Å²) in [5, 5.41) is 0. The normalized spacial score (nSPS) is 12.6. The second-order valence-electron chi connectivity index (χ2n) is 5.27. The molecule has 0 bridgehead atoms. The van der Waals surface area contributed by atoms with Gasteiger partial charge in [0, 0.05) is 5.69 Å². The van der Waals surface area contributed by atoms with E-state index in [1.54, 1.807) is 24.3 Å². The molecule has 96 valence electrons. The maximum atomic E-state index is 11.7. The lowest BCUT2D eigenvalue weighted by molar-refractivity contribution is 0.203. The molecule has 0 aromatic heterocycles. The standard InChI is InChI=1S/C12H19NO3S/c1-12(2,3)9-16-17(14,15)8-10-4-6-11(13)7-5-10/h4-7H,8-9,13H2,1-3H3. The van der Waals surface area contributed by atoms with Crippen LogP contribution in [0.4, 0.5) is 5.69 Å². The third kappa shape index (κ3) is 5.70. The van der Waals surface area contributed by atoms with Crippen molar-refractivity contribution in [2.75, 3.05) is 12.3 Å². The van der Waals surface area contributed by atoms with Gasteiger partial charge in [0.2, 0.25) is 0 Å². The van der Waals surface area contributed by atoms with Crippen LogP contribution in [-0.4, -0.2) is 15.0 Å². The van der Waals surface area contributed by atoms with Crippen LogP contribution in [0.25, 0.3) is 0 Å². The Labute approximate surface area is 103 Å². The zero-order valence-corrected chi connectivity index (χ0v) is 11.3. The number of rotatable bonds is 4. The summed E-state index contributed by atoms with van der Waals surface area (Å²) in [6.07, 6.45) is 0. The molecule has 0 aliphatic heterocycles. The molecule has 1 aromatic carbocycles. The summed E-state index contributed by atoms with van der Waals surface area (Å²) in [6.45, 7) is 5.95. The van der Waals surface area contributed by atoms with E-state index in [-0.39, 0.29) is 17.8 Å². The monoisotopic (exact) mass is 257 g/mol. The predicted molar refractivity (Wildman–Crippen MR) is 68.9 cm³/mol. The third-order valence-electron chi connectivity index (χ3n) is 1.99. The van der Waals surface area contributed by atoms with Crippen LogP contribution in [-0.2, 0) is 20.1 Å². The van der Waals surface area contributed by atoms with Gasteiger partial charge in [0.05, 0.1) is 6.61 Å². The minimum atomic E-state index is -3.52. The van der Waals surface area contributed by atoms with Gasteiger partial charge in [-0.1, -0.05) is 32.9 Å². The van der Waals surface area contributed by atoms with E-state index in [1.165, 1.54) is 0 Å². The van der Waals surface area contributed by atoms with Crippen molar-refractivity contribution in [3.8, 4) is 0 Å². The molecule has 2 N–H and O–H groups in total. The summed E-state index contributed by atoms with van der Waals surface area (Å²) in [5.74, 6) is -0.122. The summed E-state index contributed by atoms with van der Waals surface area (Å²) in [6, 6.07) is 6.73. The summed E-state index contributed by atoms with van der Waals surface area (Å²) < 4.78 is 28.3. The summed E-state index contributed by atoms with van der Waals surface area (Å²) in [7, 11) is -3.52. The number of hydrogen-bond donors (Lipinski definition) is 1. The molecular formula is C12H19NO3S. The molecule has 0 heterocycles. The highest BCUT2D eigenvalue weighted by Gasteiger charge is 2.18. The maximum absolute atomic E-state index is 11.7. The minimum absolute atomic E-state index is 0.122. The molecule has 1 aromatic rings. The van der Waals surface area contributed by atoms with Gasteiger partial charge < -0.3 is 5.73 Å². The number of anilines is 1. The zero-order valence-electron chi connectivity index (χ0n) is 10.4. The predicted octanol–water partition coefficient (Wildman–Crippen LogP) is 2.16. The van der Waals surface area contributed by atoms with Crippen LogP contribution >= 0.6 is 0 Å². The Kier molecular flexibility index (Phi) is 4.16. The van der Waals surface area contributed by atoms with Crippen LogP contribution in [0.3, 0.4) is 0 Å². The Hall–Kier alpha value is -1.07. The van der Waals surface area contributed by atoms with Gasteiger partial charge in [0.1, 0.15) is 5.75 Å². The van der Waals surface area contributed by atoms with Crippen LogP contribution < -0.4 is 5.73 Å². The first-order chi connectivity index (χ1) is 7.68. The Morgan fingerprint density at radius 2 is 1.71 bits per heavy atom. The van der Waals surface area contributed by atoms with Crippen molar-refractivity contribution in [1.82, 2.24) is 0 Å². The first-order valence-corrected chi connectivity index (χ1v) is 6.97. The fourth-order valence-electron chi connectivity index (χ4n) is 1.13. The molecule has 4 nitrogen and oxygen atoms in total. The molecule has 0 saturated carbocycles. The van der Waals surface area contributed by atoms with Gasteiger partial charge >= 0.3 is 0 Å². The number of nitrogen functional groups attached to an aromatic ring is 1. The Morgan fingerprint density at radius 1 is 1.18 bits per heavy atom. The van der Waals surface area contributed by atoms with Gasteiger partial charge in [0.15, 0.2) is 0 Å². The van der Waals surface area contributed by atoms with Crippen molar-refractivity contribution in [3.05, 3.63) is 29.8 Å². The smallest absolute Gasteiger partial charge is 0.271 e. The largest absolute Gasteiger partial charge is 0.399 e. The van der Waals surface area contributed by atoms with E-state index in [1.807, 2.05) is 20.8 Å². The molecule has 17 heavy (non-hydrogen) atoms. The molecule has 0 atom stereocenters. The molecular weight excluding hydrogens is 238 g/mol. The molecule has 0 saturated heterocycles. The topological polar surface area (TPSA) is 69.4 Å². The van der Waals surface area contributed by atoms with Crippen LogP contribution in [0.1, 0.15) is 26.3 Å². The average Bonchev–Trinajstić information content (AvgIpc) is 2.18. The van der Waals surface area contributed by atoms with Crippen LogP contribution in [0.15, 0.2) is 24.3 Å². The number of benzene rings is 1. The molecule has 0 spiro atoms. The van der Waals surface area contributed by atoms with E-state index in [0.717, 1.165) is 0 Å². The van der Waals surface area contributed by atoms with Gasteiger partial charge in [-0.2, -0.15) is 8.42 Å². The van der Waals surface area contributed by atoms with Gasteiger partial charge in [-0.25, -0.2) is 0 Å². The van der Waals surface area contributed by atoms with Crippen molar-refractivity contribution in [1.29, 1.82) is 0 Å². The maximum Gasteiger partial charge on any atom is 0.271 e. The SMILES string of the molecule is CC(C)(C)COS(=O)(=O)Cc1ccc(N)cc1. The van der Waals surface area contributed by atoms with Gasteiger partial charge in [-0.05, 0) is 23.1 Å². The van der Waals surface area contributed by atoms with Crippen LogP contribution in [0.5, 0.6) is 0 Å². The lowest BCUT2D eigenvalue weighted by Crippen LogP contribution is -2.19. The first-order valence-electron chi connectivity index (χ1n) is 5.39. The quantitative estimate of drug-likeness (QED) is 0.663. The molecule has 0 unspecified atom stereocenters. The van der Waals surface area contributed by atoms with Crippen molar-refractivity contribution in [2.45, 2.75) is 26.5 Å². The highest BCUT2D eigenvalue weighted by atomic mass is 32.2. The van der Waals surface area contributed by atoms with Crippen molar-refractivity contribution in [3.63, 3.8) is 0 Å². The summed E-state index contributed by atoms with van der Waals surface area (Å²) in [5.41, 5.74) is 6.64. The highest BCUT2D eigenvalue weighted by Crippen LogP contribution is 2.17. The molecule has 0 amide bonds. The van der Waals surface area contributed by atoms with E-state index in [9.17, 15) is 8.42 Å². The minimum Gasteiger partial charge on any atom is -0.399 e. The Bertz CT molecular complexity index is 458. The van der Waals surface area contributed by atoms with Crippen molar-refractivity contribution >= 4 is 15.8 Å². The lowest BCUT2D eigenvalue weighted by Gasteiger charge is -2.17. The third-order valence-corrected chi connectivity index (χ3v) is 3.16.